The molecule has 30 heavy (non-hydrogen) atoms. The van der Waals surface area contributed by atoms with Gasteiger partial charge >= 0.3 is 0 Å². The van der Waals surface area contributed by atoms with Crippen LogP contribution in [0.3, 0.4) is 0 Å². The van der Waals surface area contributed by atoms with E-state index < -0.39 is 0 Å². The lowest BCUT2D eigenvalue weighted by Gasteiger charge is -2.13. The van der Waals surface area contributed by atoms with Gasteiger partial charge in [-0.15, -0.1) is 0 Å². The highest BCUT2D eigenvalue weighted by Crippen LogP contribution is 2.18. The number of rotatable bonds is 5. The van der Waals surface area contributed by atoms with E-state index in [9.17, 15) is 4.79 Å². The van der Waals surface area contributed by atoms with Crippen molar-refractivity contribution < 1.29 is 4.74 Å². The number of para-hydroxylation sites is 2. The topological polar surface area (TPSA) is 82.5 Å². The highest BCUT2D eigenvalue weighted by molar-refractivity contribution is 5.98. The van der Waals surface area contributed by atoms with Crippen molar-refractivity contribution in [1.29, 1.82) is 0 Å². The Morgan fingerprint density at radius 3 is 2.50 bits per heavy atom. The standard InChI is InChI=1S/C24H22N4O2/c1-16-7-3-6-10-22(16)30-15-23-26-21-9-5-4-8-20(21)24(29)28(23)27-17(2)18-11-13-19(25)14-12-18/h3-14H,15,25H2,1-2H3/b27-17+. The fourth-order valence-electron chi connectivity index (χ4n) is 3.16. The zero-order valence-electron chi connectivity index (χ0n) is 16.9. The first kappa shape index (κ1) is 19.4. The van der Waals surface area contributed by atoms with Crippen molar-refractivity contribution in [3.8, 4) is 5.75 Å². The van der Waals surface area contributed by atoms with Crippen LogP contribution in [0.4, 0.5) is 5.69 Å². The number of nitrogens with two attached hydrogens (primary N) is 1. The molecule has 6 heteroatoms. The minimum Gasteiger partial charge on any atom is -0.485 e. The largest absolute Gasteiger partial charge is 0.485 e. The lowest BCUT2D eigenvalue weighted by molar-refractivity contribution is 0.287. The summed E-state index contributed by atoms with van der Waals surface area (Å²) in [6, 6.07) is 22.3. The Morgan fingerprint density at radius 1 is 1.03 bits per heavy atom. The van der Waals surface area contributed by atoms with Gasteiger partial charge in [0.2, 0.25) is 0 Å². The van der Waals surface area contributed by atoms with Gasteiger partial charge in [-0.05, 0) is 55.3 Å². The van der Waals surface area contributed by atoms with Crippen molar-refractivity contribution in [3.05, 3.63) is 100 Å². The van der Waals surface area contributed by atoms with Crippen LogP contribution < -0.4 is 16.0 Å². The molecule has 4 rings (SSSR count). The Morgan fingerprint density at radius 2 is 1.73 bits per heavy atom. The Kier molecular flexibility index (Phi) is 5.30. The minimum atomic E-state index is -0.237. The van der Waals surface area contributed by atoms with Crippen molar-refractivity contribution in [2.45, 2.75) is 20.5 Å². The molecular formula is C24H22N4O2. The zero-order chi connectivity index (χ0) is 21.1. The van der Waals surface area contributed by atoms with Gasteiger partial charge in [-0.1, -0.05) is 42.5 Å². The number of fused-ring (bicyclic) bond motifs is 1. The fraction of sp³-hybridized carbons (Fsp3) is 0.125. The monoisotopic (exact) mass is 398 g/mol. The Balaban J connectivity index is 1.80. The van der Waals surface area contributed by atoms with Gasteiger partial charge in [-0.3, -0.25) is 4.79 Å². The van der Waals surface area contributed by atoms with Crippen LogP contribution in [0.15, 0.2) is 82.7 Å². The summed E-state index contributed by atoms with van der Waals surface area (Å²) in [6.45, 7) is 3.93. The van der Waals surface area contributed by atoms with E-state index in [1.54, 1.807) is 18.2 Å². The van der Waals surface area contributed by atoms with E-state index >= 15 is 0 Å². The number of hydrogen-bond donors (Lipinski definition) is 1. The van der Waals surface area contributed by atoms with E-state index in [1.165, 1.54) is 4.68 Å². The van der Waals surface area contributed by atoms with Gasteiger partial charge in [0.1, 0.15) is 12.4 Å². The summed E-state index contributed by atoms with van der Waals surface area (Å²) in [5.74, 6) is 1.17. The van der Waals surface area contributed by atoms with E-state index in [-0.39, 0.29) is 12.2 Å². The first-order valence-electron chi connectivity index (χ1n) is 9.63. The van der Waals surface area contributed by atoms with Gasteiger partial charge in [0.05, 0.1) is 16.6 Å². The number of nitrogens with zero attached hydrogens (tertiary/aromatic N) is 3. The molecule has 1 heterocycles. The second-order valence-electron chi connectivity index (χ2n) is 7.02. The predicted molar refractivity (Wildman–Crippen MR) is 120 cm³/mol. The van der Waals surface area contributed by atoms with Crippen LogP contribution in [-0.2, 0) is 6.61 Å². The number of aromatic nitrogens is 2. The molecule has 0 atom stereocenters. The third-order valence-corrected chi connectivity index (χ3v) is 4.85. The van der Waals surface area contributed by atoms with Crippen molar-refractivity contribution in [2.24, 2.45) is 5.10 Å². The molecule has 0 aliphatic carbocycles. The van der Waals surface area contributed by atoms with Crippen LogP contribution in [0.1, 0.15) is 23.9 Å². The second kappa shape index (κ2) is 8.21. The van der Waals surface area contributed by atoms with E-state index in [1.807, 2.05) is 68.4 Å². The molecule has 0 radical (unpaired) electrons. The molecule has 2 N–H and O–H groups in total. The minimum absolute atomic E-state index is 0.115. The highest BCUT2D eigenvalue weighted by Gasteiger charge is 2.12. The van der Waals surface area contributed by atoms with Gasteiger partial charge in [0.25, 0.3) is 5.56 Å². The summed E-state index contributed by atoms with van der Waals surface area (Å²) in [4.78, 5) is 17.8. The van der Waals surface area contributed by atoms with Gasteiger partial charge in [0, 0.05) is 5.69 Å². The third kappa shape index (κ3) is 3.93. The molecular weight excluding hydrogens is 376 g/mol. The van der Waals surface area contributed by atoms with Crippen molar-refractivity contribution in [1.82, 2.24) is 9.66 Å². The number of aryl methyl sites for hydroxylation is 1. The predicted octanol–water partition coefficient (Wildman–Crippen LogP) is 4.14. The summed E-state index contributed by atoms with van der Waals surface area (Å²) in [7, 11) is 0. The Labute approximate surface area is 174 Å². The lowest BCUT2D eigenvalue weighted by Crippen LogP contribution is -2.24. The van der Waals surface area contributed by atoms with E-state index in [0.717, 1.165) is 16.9 Å². The van der Waals surface area contributed by atoms with Crippen LogP contribution in [0.2, 0.25) is 0 Å². The molecule has 0 spiro atoms. The molecule has 3 aromatic carbocycles. The molecule has 0 aliphatic heterocycles. The van der Waals surface area contributed by atoms with E-state index in [2.05, 4.69) is 10.1 Å². The Hall–Kier alpha value is -3.93. The van der Waals surface area contributed by atoms with Crippen LogP contribution in [-0.4, -0.2) is 15.4 Å². The number of hydrogen-bond acceptors (Lipinski definition) is 5. The summed E-state index contributed by atoms with van der Waals surface area (Å²) >= 11 is 0. The maximum absolute atomic E-state index is 13.2. The maximum atomic E-state index is 13.2. The average Bonchev–Trinajstić information content (AvgIpc) is 2.76. The molecule has 0 saturated heterocycles. The molecule has 0 bridgehead atoms. The smallest absolute Gasteiger partial charge is 0.282 e. The quantitative estimate of drug-likeness (QED) is 0.405. The Bertz CT molecular complexity index is 1290. The molecule has 150 valence electrons. The van der Waals surface area contributed by atoms with Crippen molar-refractivity contribution in [3.63, 3.8) is 0 Å². The summed E-state index contributed by atoms with van der Waals surface area (Å²) < 4.78 is 7.29. The average molecular weight is 398 g/mol. The zero-order valence-corrected chi connectivity index (χ0v) is 16.9. The normalized spacial score (nSPS) is 11.6. The van der Waals surface area contributed by atoms with Gasteiger partial charge in [-0.2, -0.15) is 9.78 Å². The van der Waals surface area contributed by atoms with Crippen molar-refractivity contribution >= 4 is 22.3 Å². The maximum Gasteiger partial charge on any atom is 0.282 e. The number of ether oxygens (including phenoxy) is 1. The SMILES string of the molecule is C/C(=N\n1c(COc2ccccc2C)nc2ccccc2c1=O)c1ccc(N)cc1. The van der Waals surface area contributed by atoms with Crippen molar-refractivity contribution in [2.75, 3.05) is 5.73 Å². The molecule has 0 aliphatic rings. The summed E-state index contributed by atoms with van der Waals surface area (Å²) in [5, 5.41) is 5.09. The number of benzene rings is 3. The van der Waals surface area contributed by atoms with Gasteiger partial charge in [-0.25, -0.2) is 4.98 Å². The first-order valence-corrected chi connectivity index (χ1v) is 9.63. The molecule has 0 unspecified atom stereocenters. The summed E-state index contributed by atoms with van der Waals surface area (Å²) in [6.07, 6.45) is 0. The molecule has 0 amide bonds. The summed E-state index contributed by atoms with van der Waals surface area (Å²) in [5.41, 5.74) is 9.37. The van der Waals surface area contributed by atoms with Crippen LogP contribution in [0.25, 0.3) is 10.9 Å². The first-order chi connectivity index (χ1) is 14.5. The van der Waals surface area contributed by atoms with Gasteiger partial charge in [0.15, 0.2) is 5.82 Å². The molecule has 4 aromatic rings. The van der Waals surface area contributed by atoms with E-state index in [4.69, 9.17) is 10.5 Å². The molecule has 0 saturated carbocycles. The van der Waals surface area contributed by atoms with Crippen LogP contribution >= 0.6 is 0 Å². The second-order valence-corrected chi connectivity index (χ2v) is 7.02. The number of anilines is 1. The van der Waals surface area contributed by atoms with E-state index in [0.29, 0.717) is 28.1 Å². The third-order valence-electron chi connectivity index (χ3n) is 4.85. The van der Waals surface area contributed by atoms with Crippen LogP contribution in [0.5, 0.6) is 5.75 Å². The van der Waals surface area contributed by atoms with Crippen LogP contribution in [0, 0.1) is 6.92 Å². The highest BCUT2D eigenvalue weighted by atomic mass is 16.5. The molecule has 1 aromatic heterocycles. The van der Waals surface area contributed by atoms with Gasteiger partial charge < -0.3 is 10.5 Å². The molecule has 0 fully saturated rings. The fourth-order valence-corrected chi connectivity index (χ4v) is 3.16. The lowest BCUT2D eigenvalue weighted by atomic mass is 10.1. The molecule has 6 nitrogen and oxygen atoms in total. The number of nitrogen functional groups attached to an aromatic ring is 1.